The van der Waals surface area contributed by atoms with Crippen LogP contribution in [0.3, 0.4) is 0 Å². The van der Waals surface area contributed by atoms with Crippen molar-refractivity contribution in [2.24, 2.45) is 0 Å². The fourth-order valence-electron chi connectivity index (χ4n) is 2.50. The molecule has 3 rings (SSSR count). The molecule has 1 aromatic carbocycles. The first kappa shape index (κ1) is 14.4. The summed E-state index contributed by atoms with van der Waals surface area (Å²) < 4.78 is 7.38. The number of aromatic nitrogens is 3. The van der Waals surface area contributed by atoms with Gasteiger partial charge in [-0.2, -0.15) is 0 Å². The van der Waals surface area contributed by atoms with Gasteiger partial charge in [-0.3, -0.25) is 0 Å². The van der Waals surface area contributed by atoms with Gasteiger partial charge in [0.2, 0.25) is 0 Å². The van der Waals surface area contributed by atoms with Crippen LogP contribution < -0.4 is 0 Å². The van der Waals surface area contributed by atoms with E-state index in [4.69, 9.17) is 27.7 Å². The Labute approximate surface area is 132 Å². The number of fused-ring (bicyclic) bond motifs is 1. The third kappa shape index (κ3) is 2.54. The predicted octanol–water partition coefficient (Wildman–Crippen LogP) is 4.12. The average molecular weight is 324 g/mol. The summed E-state index contributed by atoms with van der Waals surface area (Å²) in [6.45, 7) is 4.52. The Balaban J connectivity index is 2.16. The Bertz CT molecular complexity index is 772. The maximum atomic E-state index is 6.25. The second kappa shape index (κ2) is 5.70. The van der Waals surface area contributed by atoms with E-state index in [0.29, 0.717) is 23.9 Å². The Morgan fingerprint density at radius 2 is 2.10 bits per heavy atom. The quantitative estimate of drug-likeness (QED) is 0.678. The van der Waals surface area contributed by atoms with E-state index in [0.717, 1.165) is 33.9 Å². The highest BCUT2D eigenvalue weighted by molar-refractivity contribution is 6.34. The summed E-state index contributed by atoms with van der Waals surface area (Å²) in [4.78, 5) is 4.64. The monoisotopic (exact) mass is 323 g/mol. The number of nitrogens with zero attached hydrogens (tertiary/aromatic N) is 3. The summed E-state index contributed by atoms with van der Waals surface area (Å²) in [5.41, 5.74) is 3.78. The van der Waals surface area contributed by atoms with Crippen molar-refractivity contribution in [3.8, 4) is 0 Å². The van der Waals surface area contributed by atoms with Crippen molar-refractivity contribution < 1.29 is 4.52 Å². The van der Waals surface area contributed by atoms with E-state index in [1.54, 1.807) is 0 Å². The van der Waals surface area contributed by atoms with Crippen molar-refractivity contribution in [3.05, 3.63) is 46.1 Å². The molecule has 0 bridgehead atoms. The number of alkyl halides is 1. The van der Waals surface area contributed by atoms with Crippen molar-refractivity contribution in [2.75, 3.05) is 5.88 Å². The topological polar surface area (TPSA) is 43.9 Å². The maximum Gasteiger partial charge on any atom is 0.138 e. The molecule has 0 spiro atoms. The van der Waals surface area contributed by atoms with Crippen molar-refractivity contribution in [2.45, 2.75) is 26.8 Å². The summed E-state index contributed by atoms with van der Waals surface area (Å²) in [5, 5.41) is 4.66. The molecule has 0 radical (unpaired) electrons. The van der Waals surface area contributed by atoms with Gasteiger partial charge in [0, 0.05) is 17.9 Å². The first-order chi connectivity index (χ1) is 10.1. The van der Waals surface area contributed by atoms with E-state index in [1.807, 2.05) is 32.0 Å². The van der Waals surface area contributed by atoms with E-state index in [1.165, 1.54) is 0 Å². The second-order valence-electron chi connectivity index (χ2n) is 4.96. The number of hydrogen-bond donors (Lipinski definition) is 0. The lowest BCUT2D eigenvalue weighted by molar-refractivity contribution is 0.392. The smallest absolute Gasteiger partial charge is 0.138 e. The zero-order valence-corrected chi connectivity index (χ0v) is 13.4. The van der Waals surface area contributed by atoms with Gasteiger partial charge in [-0.15, -0.1) is 11.6 Å². The van der Waals surface area contributed by atoms with Gasteiger partial charge in [0.05, 0.1) is 22.8 Å². The lowest BCUT2D eigenvalue weighted by atomic mass is 10.2. The van der Waals surface area contributed by atoms with Crippen LogP contribution in [0.1, 0.15) is 22.8 Å². The third-order valence-electron chi connectivity index (χ3n) is 3.62. The van der Waals surface area contributed by atoms with E-state index >= 15 is 0 Å². The molecule has 21 heavy (non-hydrogen) atoms. The van der Waals surface area contributed by atoms with Gasteiger partial charge < -0.3 is 9.09 Å². The maximum absolute atomic E-state index is 6.25. The Morgan fingerprint density at radius 1 is 1.29 bits per heavy atom. The molecular formula is C15H15Cl2N3O. The molecule has 2 heterocycles. The van der Waals surface area contributed by atoms with Crippen molar-refractivity contribution in [3.63, 3.8) is 0 Å². The van der Waals surface area contributed by atoms with Gasteiger partial charge in [-0.05, 0) is 26.0 Å². The highest BCUT2D eigenvalue weighted by atomic mass is 35.5. The Hall–Kier alpha value is -1.52. The first-order valence-corrected chi connectivity index (χ1v) is 7.64. The molecule has 0 amide bonds. The first-order valence-electron chi connectivity index (χ1n) is 6.73. The molecule has 0 N–H and O–H groups in total. The highest BCUT2D eigenvalue weighted by Crippen LogP contribution is 2.26. The van der Waals surface area contributed by atoms with Gasteiger partial charge in [0.1, 0.15) is 17.1 Å². The van der Waals surface area contributed by atoms with E-state index in [-0.39, 0.29) is 0 Å². The van der Waals surface area contributed by atoms with Crippen LogP contribution in [-0.4, -0.2) is 20.6 Å². The van der Waals surface area contributed by atoms with Gasteiger partial charge in [-0.1, -0.05) is 22.8 Å². The lowest BCUT2D eigenvalue weighted by Crippen LogP contribution is -2.07. The lowest BCUT2D eigenvalue weighted by Gasteiger charge is -2.08. The molecule has 6 heteroatoms. The molecule has 0 aliphatic carbocycles. The Kier molecular flexibility index (Phi) is 3.91. The summed E-state index contributed by atoms with van der Waals surface area (Å²) >= 11 is 12.1. The summed E-state index contributed by atoms with van der Waals surface area (Å²) in [5.74, 6) is 2.27. The molecule has 0 aliphatic heterocycles. The SMILES string of the molecule is Cc1noc(C)c1Cn1c(CCCl)nc2c(Cl)cccc21. The number of hydrogen-bond acceptors (Lipinski definition) is 3. The molecule has 3 aromatic rings. The van der Waals surface area contributed by atoms with Crippen LogP contribution in [0.25, 0.3) is 11.0 Å². The number of imidazole rings is 1. The number of halogens is 2. The molecule has 2 aromatic heterocycles. The van der Waals surface area contributed by atoms with Gasteiger partial charge >= 0.3 is 0 Å². The van der Waals surface area contributed by atoms with Gasteiger partial charge in [0.15, 0.2) is 0 Å². The second-order valence-corrected chi connectivity index (χ2v) is 5.75. The third-order valence-corrected chi connectivity index (χ3v) is 4.12. The van der Waals surface area contributed by atoms with Crippen LogP contribution in [0.15, 0.2) is 22.7 Å². The largest absolute Gasteiger partial charge is 0.361 e. The van der Waals surface area contributed by atoms with Crippen LogP contribution in [0.2, 0.25) is 5.02 Å². The molecule has 0 fully saturated rings. The number of benzene rings is 1. The van der Waals surface area contributed by atoms with Gasteiger partial charge in [-0.25, -0.2) is 4.98 Å². The minimum absolute atomic E-state index is 0.516. The van der Waals surface area contributed by atoms with Crippen LogP contribution in [0, 0.1) is 13.8 Å². The summed E-state index contributed by atoms with van der Waals surface area (Å²) in [6, 6.07) is 5.80. The van der Waals surface area contributed by atoms with E-state index in [2.05, 4.69) is 14.7 Å². The van der Waals surface area contributed by atoms with Crippen LogP contribution in [-0.2, 0) is 13.0 Å². The summed E-state index contributed by atoms with van der Waals surface area (Å²) in [7, 11) is 0. The van der Waals surface area contributed by atoms with Crippen LogP contribution in [0.5, 0.6) is 0 Å². The molecule has 110 valence electrons. The molecular weight excluding hydrogens is 309 g/mol. The van der Waals surface area contributed by atoms with Crippen LogP contribution >= 0.6 is 23.2 Å². The average Bonchev–Trinajstić information content (AvgIpc) is 2.96. The minimum Gasteiger partial charge on any atom is -0.361 e. The van der Waals surface area contributed by atoms with Crippen molar-refractivity contribution in [1.82, 2.24) is 14.7 Å². The van der Waals surface area contributed by atoms with E-state index in [9.17, 15) is 0 Å². The normalized spacial score (nSPS) is 11.4. The van der Waals surface area contributed by atoms with Crippen LogP contribution in [0.4, 0.5) is 0 Å². The zero-order chi connectivity index (χ0) is 15.0. The highest BCUT2D eigenvalue weighted by Gasteiger charge is 2.16. The Morgan fingerprint density at radius 3 is 2.76 bits per heavy atom. The molecule has 0 atom stereocenters. The number of para-hydroxylation sites is 1. The molecule has 0 saturated carbocycles. The fraction of sp³-hybridized carbons (Fsp3) is 0.333. The van der Waals surface area contributed by atoms with Crippen molar-refractivity contribution in [1.29, 1.82) is 0 Å². The summed E-state index contributed by atoms with van der Waals surface area (Å²) in [6.07, 6.45) is 0.690. The number of rotatable bonds is 4. The van der Waals surface area contributed by atoms with E-state index < -0.39 is 0 Å². The van der Waals surface area contributed by atoms with Crippen molar-refractivity contribution >= 4 is 34.2 Å². The standard InChI is InChI=1S/C15H15Cl2N3O/c1-9-11(10(2)21-19-9)8-20-13-5-3-4-12(17)15(13)18-14(20)6-7-16/h3-5H,6-8H2,1-2H3. The fourth-order valence-corrected chi connectivity index (χ4v) is 2.88. The zero-order valence-electron chi connectivity index (χ0n) is 11.9. The number of aryl methyl sites for hydroxylation is 3. The molecule has 0 saturated heterocycles. The minimum atomic E-state index is 0.516. The molecule has 4 nitrogen and oxygen atoms in total. The predicted molar refractivity (Wildman–Crippen MR) is 84.2 cm³/mol. The molecule has 0 unspecified atom stereocenters. The molecule has 0 aliphatic rings. The van der Waals surface area contributed by atoms with Gasteiger partial charge in [0.25, 0.3) is 0 Å².